The van der Waals surface area contributed by atoms with Gasteiger partial charge in [-0.3, -0.25) is 4.79 Å². The zero-order chi connectivity index (χ0) is 13.9. The lowest BCUT2D eigenvalue weighted by Gasteiger charge is -2.12. The standard InChI is InChI=1S/C11H14BrNO4S/c1-3-17-10-5-8(4-7(2)14)9(12)6-11(10)18(13,15)16/h5-6H,3-4H2,1-2H3,(H2,13,15,16). The highest BCUT2D eigenvalue weighted by Gasteiger charge is 2.18. The second kappa shape index (κ2) is 5.81. The summed E-state index contributed by atoms with van der Waals surface area (Å²) < 4.78 is 28.6. The first-order valence-corrected chi connectivity index (χ1v) is 7.57. The fourth-order valence-corrected chi connectivity index (χ4v) is 2.79. The van der Waals surface area contributed by atoms with Gasteiger partial charge in [-0.15, -0.1) is 0 Å². The first-order valence-electron chi connectivity index (χ1n) is 5.23. The molecule has 0 fully saturated rings. The molecule has 0 saturated carbocycles. The smallest absolute Gasteiger partial charge is 0.241 e. The van der Waals surface area contributed by atoms with E-state index in [1.165, 1.54) is 19.1 Å². The minimum absolute atomic E-state index is 0.0264. The topological polar surface area (TPSA) is 86.5 Å². The summed E-state index contributed by atoms with van der Waals surface area (Å²) in [6.45, 7) is 3.50. The molecule has 0 bridgehead atoms. The maximum atomic E-state index is 11.4. The van der Waals surface area contributed by atoms with Crippen LogP contribution in [0.5, 0.6) is 5.75 Å². The van der Waals surface area contributed by atoms with E-state index in [0.29, 0.717) is 16.6 Å². The lowest BCUT2D eigenvalue weighted by atomic mass is 10.1. The first kappa shape index (κ1) is 15.1. The molecule has 0 atom stereocenters. The van der Waals surface area contributed by atoms with E-state index in [0.717, 1.165) is 0 Å². The summed E-state index contributed by atoms with van der Waals surface area (Å²) in [5.41, 5.74) is 0.665. The molecule has 5 nitrogen and oxygen atoms in total. The van der Waals surface area contributed by atoms with Crippen molar-refractivity contribution in [1.29, 1.82) is 0 Å². The quantitative estimate of drug-likeness (QED) is 0.885. The summed E-state index contributed by atoms with van der Waals surface area (Å²) in [4.78, 5) is 11.0. The molecule has 0 aliphatic rings. The average Bonchev–Trinajstić information content (AvgIpc) is 2.20. The van der Waals surface area contributed by atoms with Crippen molar-refractivity contribution in [2.45, 2.75) is 25.2 Å². The van der Waals surface area contributed by atoms with Crippen LogP contribution in [0, 0.1) is 0 Å². The van der Waals surface area contributed by atoms with Crippen LogP contribution in [-0.4, -0.2) is 20.8 Å². The Labute approximate surface area is 114 Å². The van der Waals surface area contributed by atoms with Gasteiger partial charge >= 0.3 is 0 Å². The number of primary sulfonamides is 1. The Bertz CT molecular complexity index is 569. The van der Waals surface area contributed by atoms with Crippen LogP contribution in [0.2, 0.25) is 0 Å². The van der Waals surface area contributed by atoms with Gasteiger partial charge in [0.2, 0.25) is 10.0 Å². The third-order valence-electron chi connectivity index (χ3n) is 2.16. The van der Waals surface area contributed by atoms with E-state index in [1.54, 1.807) is 6.92 Å². The Balaban J connectivity index is 3.38. The SMILES string of the molecule is CCOc1cc(CC(C)=O)c(Br)cc1S(N)(=O)=O. The van der Waals surface area contributed by atoms with Crippen LogP contribution in [-0.2, 0) is 21.2 Å². The molecule has 0 aliphatic heterocycles. The number of ketones is 1. The van der Waals surface area contributed by atoms with E-state index in [1.807, 2.05) is 0 Å². The number of Topliss-reactive ketones (excluding diaryl/α,β-unsaturated/α-hetero) is 1. The molecular weight excluding hydrogens is 322 g/mol. The number of hydrogen-bond acceptors (Lipinski definition) is 4. The van der Waals surface area contributed by atoms with Gasteiger partial charge in [-0.05, 0) is 31.5 Å². The molecule has 0 spiro atoms. The molecule has 0 radical (unpaired) electrons. The number of sulfonamides is 1. The third-order valence-corrected chi connectivity index (χ3v) is 3.83. The Kier molecular flexibility index (Phi) is 4.89. The van der Waals surface area contributed by atoms with Gasteiger partial charge in [0.05, 0.1) is 6.61 Å². The van der Waals surface area contributed by atoms with Gasteiger partial charge in [-0.2, -0.15) is 0 Å². The van der Waals surface area contributed by atoms with Gasteiger partial charge in [-0.1, -0.05) is 15.9 Å². The predicted molar refractivity (Wildman–Crippen MR) is 71.1 cm³/mol. The maximum Gasteiger partial charge on any atom is 0.241 e. The van der Waals surface area contributed by atoms with Crippen LogP contribution in [0.15, 0.2) is 21.5 Å². The van der Waals surface area contributed by atoms with Crippen molar-refractivity contribution in [2.24, 2.45) is 5.14 Å². The van der Waals surface area contributed by atoms with Crippen molar-refractivity contribution in [2.75, 3.05) is 6.61 Å². The van der Waals surface area contributed by atoms with Crippen LogP contribution in [0.1, 0.15) is 19.4 Å². The number of nitrogens with two attached hydrogens (primary N) is 1. The lowest BCUT2D eigenvalue weighted by molar-refractivity contribution is -0.116. The van der Waals surface area contributed by atoms with Crippen molar-refractivity contribution in [3.8, 4) is 5.75 Å². The molecular formula is C11H14BrNO4S. The van der Waals surface area contributed by atoms with Crippen LogP contribution >= 0.6 is 15.9 Å². The molecule has 1 aromatic rings. The minimum Gasteiger partial charge on any atom is -0.492 e. The number of benzene rings is 1. The highest BCUT2D eigenvalue weighted by Crippen LogP contribution is 2.30. The van der Waals surface area contributed by atoms with Crippen LogP contribution in [0.25, 0.3) is 0 Å². The highest BCUT2D eigenvalue weighted by atomic mass is 79.9. The fraction of sp³-hybridized carbons (Fsp3) is 0.364. The van der Waals surface area contributed by atoms with Crippen molar-refractivity contribution >= 4 is 31.7 Å². The summed E-state index contributed by atoms with van der Waals surface area (Å²) in [7, 11) is -3.86. The van der Waals surface area contributed by atoms with E-state index in [4.69, 9.17) is 9.88 Å². The number of halogens is 1. The van der Waals surface area contributed by atoms with Crippen LogP contribution in [0.4, 0.5) is 0 Å². The Morgan fingerprint density at radius 2 is 2.06 bits per heavy atom. The van der Waals surface area contributed by atoms with Gasteiger partial charge in [0.15, 0.2) is 0 Å². The minimum atomic E-state index is -3.86. The van der Waals surface area contributed by atoms with Crippen molar-refractivity contribution < 1.29 is 17.9 Å². The number of carbonyl (C=O) groups excluding carboxylic acids is 1. The number of hydrogen-bond donors (Lipinski definition) is 1. The molecule has 1 aromatic carbocycles. The zero-order valence-corrected chi connectivity index (χ0v) is 12.5. The van der Waals surface area contributed by atoms with Gasteiger partial charge in [0.1, 0.15) is 16.4 Å². The molecule has 2 N–H and O–H groups in total. The monoisotopic (exact) mass is 335 g/mol. The van der Waals surface area contributed by atoms with Crippen LogP contribution in [0.3, 0.4) is 0 Å². The first-order chi connectivity index (χ1) is 8.25. The van der Waals surface area contributed by atoms with Crippen molar-refractivity contribution in [3.05, 3.63) is 22.2 Å². The molecule has 0 amide bonds. The molecule has 0 unspecified atom stereocenters. The maximum absolute atomic E-state index is 11.4. The molecule has 1 rings (SSSR count). The molecule has 7 heteroatoms. The summed E-state index contributed by atoms with van der Waals surface area (Å²) in [6.07, 6.45) is 0.200. The molecule has 0 aromatic heterocycles. The van der Waals surface area contributed by atoms with Crippen molar-refractivity contribution in [3.63, 3.8) is 0 Å². The van der Waals surface area contributed by atoms with Crippen molar-refractivity contribution in [1.82, 2.24) is 0 Å². The Hall–Kier alpha value is -0.920. The fourth-order valence-electron chi connectivity index (χ4n) is 1.47. The number of ether oxygens (including phenoxy) is 1. The zero-order valence-electron chi connectivity index (χ0n) is 10.1. The highest BCUT2D eigenvalue weighted by molar-refractivity contribution is 9.10. The van der Waals surface area contributed by atoms with E-state index >= 15 is 0 Å². The largest absolute Gasteiger partial charge is 0.492 e. The summed E-state index contributed by atoms with van der Waals surface area (Å²) in [6, 6.07) is 2.88. The average molecular weight is 336 g/mol. The summed E-state index contributed by atoms with van der Waals surface area (Å²) in [5, 5.41) is 5.11. The summed E-state index contributed by atoms with van der Waals surface area (Å²) >= 11 is 3.23. The molecule has 0 saturated heterocycles. The number of carbonyl (C=O) groups is 1. The number of rotatable bonds is 5. The van der Waals surface area contributed by atoms with Gasteiger partial charge in [-0.25, -0.2) is 13.6 Å². The lowest BCUT2D eigenvalue weighted by Crippen LogP contribution is -2.14. The predicted octanol–water partition coefficient (Wildman–Crippen LogP) is 1.63. The van der Waals surface area contributed by atoms with E-state index in [9.17, 15) is 13.2 Å². The molecule has 0 heterocycles. The van der Waals surface area contributed by atoms with E-state index < -0.39 is 10.0 Å². The van der Waals surface area contributed by atoms with E-state index in [2.05, 4.69) is 15.9 Å². The summed E-state index contributed by atoms with van der Waals surface area (Å²) in [5.74, 6) is 0.140. The molecule has 0 aliphatic carbocycles. The van der Waals surface area contributed by atoms with Gasteiger partial charge in [0, 0.05) is 10.9 Å². The second-order valence-electron chi connectivity index (χ2n) is 3.75. The normalized spacial score (nSPS) is 11.3. The second-order valence-corrected chi connectivity index (χ2v) is 6.13. The Morgan fingerprint density at radius 3 is 2.50 bits per heavy atom. The Morgan fingerprint density at radius 1 is 1.44 bits per heavy atom. The van der Waals surface area contributed by atoms with Gasteiger partial charge < -0.3 is 4.74 Å². The van der Waals surface area contributed by atoms with Crippen LogP contribution < -0.4 is 9.88 Å². The van der Waals surface area contributed by atoms with Gasteiger partial charge in [0.25, 0.3) is 0 Å². The molecule has 100 valence electrons. The van der Waals surface area contributed by atoms with E-state index in [-0.39, 0.29) is 22.8 Å². The third kappa shape index (κ3) is 3.79. The molecule has 18 heavy (non-hydrogen) atoms.